The van der Waals surface area contributed by atoms with E-state index in [1.165, 1.54) is 62.7 Å². The van der Waals surface area contributed by atoms with Crippen molar-refractivity contribution in [3.63, 3.8) is 0 Å². The summed E-state index contributed by atoms with van der Waals surface area (Å²) >= 11 is 6.80. The van der Waals surface area contributed by atoms with Gasteiger partial charge in [-0.2, -0.15) is 0 Å². The van der Waals surface area contributed by atoms with Crippen LogP contribution in [0.4, 0.5) is 0 Å². The number of unbranched alkanes of at least 4 members (excludes halogenated alkanes) is 6. The molecule has 0 amide bonds. The quantitative estimate of drug-likeness (QED) is 0.278. The Labute approximate surface area is 141 Å². The van der Waals surface area contributed by atoms with E-state index in [2.05, 4.69) is 20.8 Å². The van der Waals surface area contributed by atoms with Gasteiger partial charge in [0.15, 0.2) is 0 Å². The minimum Gasteiger partial charge on any atom is -0.337 e. The molecule has 0 fully saturated rings. The molecule has 0 saturated heterocycles. The van der Waals surface area contributed by atoms with E-state index >= 15 is 0 Å². The van der Waals surface area contributed by atoms with Gasteiger partial charge in [-0.15, -0.1) is 0 Å². The Hall–Kier alpha value is 0.920. The van der Waals surface area contributed by atoms with Crippen LogP contribution in [0.3, 0.4) is 0 Å². The molecule has 128 valence electrons. The van der Waals surface area contributed by atoms with Crippen molar-refractivity contribution in [2.75, 3.05) is 0 Å². The highest BCUT2D eigenvalue weighted by Crippen LogP contribution is 2.59. The van der Waals surface area contributed by atoms with Crippen LogP contribution < -0.4 is 0 Å². The maximum atomic E-state index is 10.3. The van der Waals surface area contributed by atoms with Gasteiger partial charge < -0.3 is 9.42 Å². The van der Waals surface area contributed by atoms with Crippen LogP contribution in [0.2, 0.25) is 0 Å². The van der Waals surface area contributed by atoms with Crippen LogP contribution in [-0.4, -0.2) is 16.2 Å². The Morgan fingerprint density at radius 3 is 2.00 bits per heavy atom. The van der Waals surface area contributed by atoms with Crippen molar-refractivity contribution >= 4 is 28.9 Å². The molecular formula is C16H35O2PS2. The molecule has 0 aromatic carbocycles. The SMILES string of the molecule is CCCCCCC(C)OP(O)(=S)SC(C)CCCCCC. The van der Waals surface area contributed by atoms with Gasteiger partial charge in [0.05, 0.1) is 6.10 Å². The lowest BCUT2D eigenvalue weighted by Gasteiger charge is -2.23. The minimum absolute atomic E-state index is 0.0810. The van der Waals surface area contributed by atoms with E-state index in [-0.39, 0.29) is 6.10 Å². The van der Waals surface area contributed by atoms with Crippen molar-refractivity contribution in [3.8, 4) is 0 Å². The van der Waals surface area contributed by atoms with Gasteiger partial charge in [-0.05, 0) is 31.6 Å². The number of hydrogen-bond donors (Lipinski definition) is 1. The lowest BCUT2D eigenvalue weighted by Crippen LogP contribution is -2.06. The zero-order chi connectivity index (χ0) is 16.1. The Bertz CT molecular complexity index is 263. The van der Waals surface area contributed by atoms with Crippen LogP contribution >= 0.6 is 17.1 Å². The van der Waals surface area contributed by atoms with Crippen molar-refractivity contribution < 1.29 is 9.42 Å². The van der Waals surface area contributed by atoms with Gasteiger partial charge in [0.2, 0.25) is 5.69 Å². The van der Waals surface area contributed by atoms with Crippen molar-refractivity contribution in [1.29, 1.82) is 0 Å². The number of hydrogen-bond acceptors (Lipinski definition) is 3. The van der Waals surface area contributed by atoms with Gasteiger partial charge in [0.25, 0.3) is 0 Å². The molecule has 0 bridgehead atoms. The Balaban J connectivity index is 3.86. The normalized spacial score (nSPS) is 17.4. The van der Waals surface area contributed by atoms with Crippen LogP contribution in [0.5, 0.6) is 0 Å². The largest absolute Gasteiger partial charge is 0.337 e. The topological polar surface area (TPSA) is 29.5 Å². The van der Waals surface area contributed by atoms with Gasteiger partial charge in [0.1, 0.15) is 0 Å². The summed E-state index contributed by atoms with van der Waals surface area (Å²) in [7, 11) is 0. The minimum atomic E-state index is -2.67. The predicted octanol–water partition coefficient (Wildman–Crippen LogP) is 6.67. The highest BCUT2D eigenvalue weighted by Gasteiger charge is 2.21. The molecular weight excluding hydrogens is 319 g/mol. The smallest absolute Gasteiger partial charge is 0.245 e. The van der Waals surface area contributed by atoms with E-state index in [0.29, 0.717) is 5.25 Å². The zero-order valence-electron chi connectivity index (χ0n) is 14.3. The Morgan fingerprint density at radius 2 is 1.48 bits per heavy atom. The summed E-state index contributed by atoms with van der Waals surface area (Å²) in [6, 6.07) is 0. The van der Waals surface area contributed by atoms with E-state index in [1.54, 1.807) is 0 Å². The Morgan fingerprint density at radius 1 is 0.952 bits per heavy atom. The van der Waals surface area contributed by atoms with E-state index in [9.17, 15) is 4.89 Å². The summed E-state index contributed by atoms with van der Waals surface area (Å²) in [6.07, 6.45) is 12.2. The van der Waals surface area contributed by atoms with Crippen LogP contribution in [0.15, 0.2) is 0 Å². The molecule has 2 nitrogen and oxygen atoms in total. The molecule has 21 heavy (non-hydrogen) atoms. The fourth-order valence-corrected chi connectivity index (χ4v) is 7.67. The summed E-state index contributed by atoms with van der Waals surface area (Å²) in [5.74, 6) is 0. The number of rotatable bonds is 14. The maximum Gasteiger partial charge on any atom is 0.245 e. The van der Waals surface area contributed by atoms with E-state index < -0.39 is 5.69 Å². The molecule has 0 radical (unpaired) electrons. The summed E-state index contributed by atoms with van der Waals surface area (Å²) in [5.41, 5.74) is -2.67. The van der Waals surface area contributed by atoms with Crippen LogP contribution in [0.25, 0.3) is 0 Å². The second-order valence-corrected chi connectivity index (χ2v) is 12.5. The predicted molar refractivity (Wildman–Crippen MR) is 102 cm³/mol. The average molecular weight is 355 g/mol. The first-order chi connectivity index (χ1) is 9.91. The summed E-state index contributed by atoms with van der Waals surface area (Å²) in [6.45, 7) is 8.63. The molecule has 0 aromatic rings. The molecule has 3 atom stereocenters. The van der Waals surface area contributed by atoms with Crippen molar-refractivity contribution in [2.24, 2.45) is 0 Å². The van der Waals surface area contributed by atoms with Gasteiger partial charge in [-0.1, -0.05) is 83.5 Å². The third kappa shape index (κ3) is 14.3. The zero-order valence-corrected chi connectivity index (χ0v) is 16.9. The third-order valence-electron chi connectivity index (χ3n) is 3.55. The van der Waals surface area contributed by atoms with Gasteiger partial charge in [-0.3, -0.25) is 0 Å². The van der Waals surface area contributed by atoms with Crippen molar-refractivity contribution in [3.05, 3.63) is 0 Å². The fraction of sp³-hybridized carbons (Fsp3) is 1.00. The highest BCUT2D eigenvalue weighted by atomic mass is 32.9. The second-order valence-electron chi connectivity index (χ2n) is 6.00. The highest BCUT2D eigenvalue weighted by molar-refractivity contribution is 8.67. The maximum absolute atomic E-state index is 10.3. The monoisotopic (exact) mass is 354 g/mol. The van der Waals surface area contributed by atoms with Gasteiger partial charge in [-0.25, -0.2) is 0 Å². The molecule has 5 heteroatoms. The first kappa shape index (κ1) is 21.9. The van der Waals surface area contributed by atoms with Crippen LogP contribution in [0, 0.1) is 0 Å². The fourth-order valence-electron chi connectivity index (χ4n) is 2.30. The lowest BCUT2D eigenvalue weighted by atomic mass is 10.1. The summed E-state index contributed by atoms with van der Waals surface area (Å²) in [5, 5.41) is 0.394. The van der Waals surface area contributed by atoms with E-state index in [1.807, 2.05) is 6.92 Å². The molecule has 0 aromatic heterocycles. The molecule has 3 unspecified atom stereocenters. The van der Waals surface area contributed by atoms with Gasteiger partial charge in [0, 0.05) is 5.25 Å². The average Bonchev–Trinajstić information content (AvgIpc) is 2.38. The first-order valence-electron chi connectivity index (χ1n) is 8.60. The molecule has 0 aliphatic carbocycles. The first-order valence-corrected chi connectivity index (χ1v) is 12.8. The lowest BCUT2D eigenvalue weighted by molar-refractivity contribution is 0.213. The van der Waals surface area contributed by atoms with Crippen LogP contribution in [0.1, 0.15) is 91.9 Å². The second kappa shape index (κ2) is 13.4. The van der Waals surface area contributed by atoms with Crippen LogP contribution in [-0.2, 0) is 16.3 Å². The van der Waals surface area contributed by atoms with E-state index in [0.717, 1.165) is 12.8 Å². The molecule has 0 aliphatic rings. The van der Waals surface area contributed by atoms with E-state index in [4.69, 9.17) is 16.3 Å². The molecule has 1 N–H and O–H groups in total. The Kier molecular flexibility index (Phi) is 14.0. The van der Waals surface area contributed by atoms with Crippen molar-refractivity contribution in [2.45, 2.75) is 103 Å². The molecule has 0 heterocycles. The molecule has 0 saturated carbocycles. The molecule has 0 rings (SSSR count). The summed E-state index contributed by atoms with van der Waals surface area (Å²) < 4.78 is 5.76. The molecule has 0 aliphatic heterocycles. The van der Waals surface area contributed by atoms with Crippen molar-refractivity contribution in [1.82, 2.24) is 0 Å². The van der Waals surface area contributed by atoms with Gasteiger partial charge >= 0.3 is 0 Å². The summed E-state index contributed by atoms with van der Waals surface area (Å²) in [4.78, 5) is 10.3. The molecule has 0 spiro atoms. The standard InChI is InChI=1S/C16H35O2PS2/c1-5-7-9-11-13-15(3)18-19(17,20)21-16(4)14-12-10-8-6-2/h15-16H,5-14H2,1-4H3,(H,17,20). The third-order valence-corrected chi connectivity index (χ3v) is 8.21.